The first-order chi connectivity index (χ1) is 20.3. The van der Waals surface area contributed by atoms with Gasteiger partial charge in [-0.25, -0.2) is 9.97 Å². The molecule has 0 bridgehead atoms. The molecule has 0 spiro atoms. The second-order valence-corrected chi connectivity index (χ2v) is 12.1. The van der Waals surface area contributed by atoms with Gasteiger partial charge in [-0.3, -0.25) is 0 Å². The van der Waals surface area contributed by atoms with Gasteiger partial charge in [0.25, 0.3) is 11.8 Å². The normalized spacial score (nSPS) is 15.1. The number of aromatic nitrogens is 2. The van der Waals surface area contributed by atoms with Gasteiger partial charge in [0.1, 0.15) is 23.9 Å². The molecule has 198 valence electrons. The molecule has 0 aliphatic carbocycles. The summed E-state index contributed by atoms with van der Waals surface area (Å²) in [6.07, 6.45) is 3.31. The molecule has 4 aromatic heterocycles. The van der Waals surface area contributed by atoms with E-state index in [4.69, 9.17) is 28.3 Å². The van der Waals surface area contributed by atoms with Crippen LogP contribution in [0.25, 0.3) is 62.9 Å². The van der Waals surface area contributed by atoms with Crippen molar-refractivity contribution in [1.82, 2.24) is 9.97 Å². The number of hydrogen-bond acceptors (Lipinski definition) is 8. The van der Waals surface area contributed by atoms with E-state index in [1.807, 2.05) is 0 Å². The van der Waals surface area contributed by atoms with E-state index in [1.54, 1.807) is 35.2 Å². The zero-order valence-electron chi connectivity index (χ0n) is 21.5. The van der Waals surface area contributed by atoms with Crippen molar-refractivity contribution in [2.45, 2.75) is 5.79 Å². The first-order valence-electron chi connectivity index (χ1n) is 13.3. The average Bonchev–Trinajstić information content (AvgIpc) is 3.85. The highest BCUT2D eigenvalue weighted by atomic mass is 32.1. The lowest BCUT2D eigenvalue weighted by Crippen LogP contribution is -2.29. The summed E-state index contributed by atoms with van der Waals surface area (Å²) in [7, 11) is 0. The topological polar surface area (TPSA) is 70.5 Å². The molecule has 8 heteroatoms. The monoisotopic (exact) mass is 572 g/mol. The molecule has 0 radical (unpaired) electrons. The van der Waals surface area contributed by atoms with Crippen molar-refractivity contribution in [3.63, 3.8) is 0 Å². The molecule has 8 aromatic rings. The predicted octanol–water partition coefficient (Wildman–Crippen LogP) is 8.98. The Morgan fingerprint density at radius 2 is 1.00 bits per heavy atom. The van der Waals surface area contributed by atoms with Crippen molar-refractivity contribution in [1.29, 1.82) is 0 Å². The first-order valence-corrected chi connectivity index (χ1v) is 14.9. The zero-order valence-corrected chi connectivity index (χ0v) is 23.1. The van der Waals surface area contributed by atoms with Gasteiger partial charge in [0.15, 0.2) is 0 Å². The summed E-state index contributed by atoms with van der Waals surface area (Å²) in [4.78, 5) is 9.77. The van der Waals surface area contributed by atoms with E-state index in [9.17, 15) is 0 Å². The number of hydrogen-bond donors (Lipinski definition) is 0. The molecule has 4 aromatic carbocycles. The maximum absolute atomic E-state index is 6.15. The van der Waals surface area contributed by atoms with E-state index in [-0.39, 0.29) is 11.8 Å². The standard InChI is InChI=1S/C33H20N2O4S2/c1-3-13-27-19(7-1)21-9-5-11-23(29(21)40-27)25-17-36-31(34-25)33(38-15-16-39-33)32-35-26(18-37-32)24-12-6-10-22-20-8-2-4-14-28(20)41-30(22)24/h1-14,17-18H,15-16H2. The fourth-order valence-corrected chi connectivity index (χ4v) is 8.20. The minimum atomic E-state index is -1.46. The molecule has 0 unspecified atom stereocenters. The van der Waals surface area contributed by atoms with Crippen LogP contribution in [0.1, 0.15) is 11.8 Å². The van der Waals surface area contributed by atoms with Gasteiger partial charge in [0, 0.05) is 51.5 Å². The van der Waals surface area contributed by atoms with Gasteiger partial charge < -0.3 is 18.3 Å². The highest BCUT2D eigenvalue weighted by molar-refractivity contribution is 7.26. The van der Waals surface area contributed by atoms with Crippen molar-refractivity contribution < 1.29 is 18.3 Å². The van der Waals surface area contributed by atoms with Crippen LogP contribution in [0, 0.1) is 0 Å². The summed E-state index contributed by atoms with van der Waals surface area (Å²) in [5.41, 5.74) is 3.41. The van der Waals surface area contributed by atoms with Crippen LogP contribution >= 0.6 is 22.7 Å². The van der Waals surface area contributed by atoms with Gasteiger partial charge >= 0.3 is 5.79 Å². The molecule has 1 aliphatic heterocycles. The lowest BCUT2D eigenvalue weighted by atomic mass is 10.1. The molecule has 0 amide bonds. The summed E-state index contributed by atoms with van der Waals surface area (Å²) >= 11 is 3.50. The highest BCUT2D eigenvalue weighted by Crippen LogP contribution is 2.44. The van der Waals surface area contributed by atoms with Crippen LogP contribution < -0.4 is 0 Å². The maximum Gasteiger partial charge on any atom is 0.327 e. The Hall–Kier alpha value is -4.34. The molecule has 1 saturated heterocycles. The SMILES string of the molecule is c1ccc2c(c1)sc1c(-c3coc(C4(c5nc(-c6cccc7c6sc6ccccc67)co5)OCCO4)n3)cccc12. The lowest BCUT2D eigenvalue weighted by Gasteiger charge is -2.19. The number of thiophene rings is 2. The van der Waals surface area contributed by atoms with Crippen molar-refractivity contribution >= 4 is 63.0 Å². The molecule has 9 rings (SSSR count). The number of benzene rings is 4. The van der Waals surface area contributed by atoms with Crippen LogP contribution in [0.2, 0.25) is 0 Å². The Morgan fingerprint density at radius 3 is 1.51 bits per heavy atom. The molecular formula is C33H20N2O4S2. The van der Waals surface area contributed by atoms with E-state index in [2.05, 4.69) is 84.9 Å². The molecule has 1 aliphatic rings. The Balaban J connectivity index is 1.15. The number of ether oxygens (including phenoxy) is 2. The molecular weight excluding hydrogens is 553 g/mol. The summed E-state index contributed by atoms with van der Waals surface area (Å²) in [6, 6.07) is 29.4. The summed E-state index contributed by atoms with van der Waals surface area (Å²) < 4.78 is 29.2. The lowest BCUT2D eigenvalue weighted by molar-refractivity contribution is -0.163. The molecule has 6 nitrogen and oxygen atoms in total. The van der Waals surface area contributed by atoms with E-state index in [0.717, 1.165) is 20.5 Å². The van der Waals surface area contributed by atoms with Crippen LogP contribution in [-0.2, 0) is 15.3 Å². The Labute approximate surface area is 241 Å². The van der Waals surface area contributed by atoms with Gasteiger partial charge in [-0.15, -0.1) is 22.7 Å². The molecule has 1 fully saturated rings. The van der Waals surface area contributed by atoms with Crippen molar-refractivity contribution in [2.24, 2.45) is 0 Å². The first kappa shape index (κ1) is 23.4. The third-order valence-corrected chi connectivity index (χ3v) is 10.1. The van der Waals surface area contributed by atoms with E-state index >= 15 is 0 Å². The number of fused-ring (bicyclic) bond motifs is 6. The third kappa shape index (κ3) is 3.42. The predicted molar refractivity (Wildman–Crippen MR) is 162 cm³/mol. The smallest absolute Gasteiger partial charge is 0.327 e. The van der Waals surface area contributed by atoms with Gasteiger partial charge in [0.05, 0.1) is 13.2 Å². The van der Waals surface area contributed by atoms with Crippen molar-refractivity contribution in [3.05, 3.63) is 109 Å². The molecule has 0 N–H and O–H groups in total. The number of nitrogens with zero attached hydrogens (tertiary/aromatic N) is 2. The average molecular weight is 573 g/mol. The Bertz CT molecular complexity index is 2100. The largest absolute Gasteiger partial charge is 0.443 e. The van der Waals surface area contributed by atoms with Crippen LogP contribution in [0.3, 0.4) is 0 Å². The quantitative estimate of drug-likeness (QED) is 0.210. The van der Waals surface area contributed by atoms with Crippen LogP contribution in [0.15, 0.2) is 106 Å². The number of oxazole rings is 2. The van der Waals surface area contributed by atoms with Crippen LogP contribution in [-0.4, -0.2) is 23.2 Å². The minimum absolute atomic E-state index is 0.261. The van der Waals surface area contributed by atoms with Gasteiger partial charge in [-0.2, -0.15) is 0 Å². The number of rotatable bonds is 4. The molecule has 41 heavy (non-hydrogen) atoms. The van der Waals surface area contributed by atoms with E-state index in [0.29, 0.717) is 24.6 Å². The zero-order chi connectivity index (χ0) is 27.0. The molecule has 0 atom stereocenters. The van der Waals surface area contributed by atoms with Gasteiger partial charge in [0.2, 0.25) is 0 Å². The Kier molecular flexibility index (Phi) is 5.03. The van der Waals surface area contributed by atoms with Crippen LogP contribution in [0.4, 0.5) is 0 Å². The summed E-state index contributed by atoms with van der Waals surface area (Å²) in [5.74, 6) is -0.938. The van der Waals surface area contributed by atoms with Crippen molar-refractivity contribution in [2.75, 3.05) is 13.2 Å². The third-order valence-electron chi connectivity index (χ3n) is 7.63. The fraction of sp³-hybridized carbons (Fsp3) is 0.0909. The van der Waals surface area contributed by atoms with Gasteiger partial charge in [-0.1, -0.05) is 72.8 Å². The summed E-state index contributed by atoms with van der Waals surface area (Å²) in [6.45, 7) is 0.737. The fourth-order valence-electron chi connectivity index (χ4n) is 5.75. The second kappa shape index (κ2) is 8.83. The van der Waals surface area contributed by atoms with E-state index < -0.39 is 5.79 Å². The Morgan fingerprint density at radius 1 is 0.537 bits per heavy atom. The minimum Gasteiger partial charge on any atom is -0.443 e. The summed E-state index contributed by atoms with van der Waals surface area (Å²) in [5, 5.41) is 4.86. The second-order valence-electron chi connectivity index (χ2n) is 9.95. The van der Waals surface area contributed by atoms with Crippen LogP contribution in [0.5, 0.6) is 0 Å². The molecule has 0 saturated carbocycles. The molecule has 5 heterocycles. The van der Waals surface area contributed by atoms with Gasteiger partial charge in [-0.05, 0) is 12.1 Å². The van der Waals surface area contributed by atoms with E-state index in [1.165, 1.54) is 30.9 Å². The van der Waals surface area contributed by atoms with Crippen molar-refractivity contribution in [3.8, 4) is 22.5 Å². The maximum atomic E-state index is 6.15. The highest BCUT2D eigenvalue weighted by Gasteiger charge is 2.50.